The Hall–Kier alpha value is -1.48. The molecule has 0 radical (unpaired) electrons. The number of hydrogen-bond donors (Lipinski definition) is 1. The minimum atomic E-state index is 0.215. The second kappa shape index (κ2) is 6.31. The summed E-state index contributed by atoms with van der Waals surface area (Å²) in [4.78, 5) is 5.77. The second-order valence-corrected chi connectivity index (χ2v) is 7.79. The monoisotopic (exact) mass is 286 g/mol. The first-order valence-electron chi connectivity index (χ1n) is 6.87. The quantitative estimate of drug-likeness (QED) is 0.810. The number of nitrogens with one attached hydrogen (secondary N) is 1. The van der Waals surface area contributed by atoms with Gasteiger partial charge in [0, 0.05) is 22.4 Å². The fraction of sp³-hybridized carbons (Fsp3) is 0.353. The Kier molecular flexibility index (Phi) is 4.71. The van der Waals surface area contributed by atoms with E-state index in [1.165, 1.54) is 16.0 Å². The van der Waals surface area contributed by atoms with Gasteiger partial charge in [0.25, 0.3) is 0 Å². The van der Waals surface area contributed by atoms with Crippen molar-refractivity contribution in [1.82, 2.24) is 4.98 Å². The lowest BCUT2D eigenvalue weighted by Gasteiger charge is -2.18. The standard InChI is InChI=1S/C17H22N2S/c1-13-10-15(20-17(2,3)4)12-19-16(13)18-11-14-8-6-5-7-9-14/h5-10,12H,11H2,1-4H3,(H,18,19). The molecular weight excluding hydrogens is 264 g/mol. The third kappa shape index (κ3) is 4.57. The molecule has 0 amide bonds. The van der Waals surface area contributed by atoms with Crippen LogP contribution in [0.2, 0.25) is 0 Å². The van der Waals surface area contributed by atoms with Gasteiger partial charge < -0.3 is 5.32 Å². The number of thioether (sulfide) groups is 1. The van der Waals surface area contributed by atoms with Crippen molar-refractivity contribution in [3.05, 3.63) is 53.7 Å². The summed E-state index contributed by atoms with van der Waals surface area (Å²) >= 11 is 1.85. The molecule has 1 aromatic carbocycles. The van der Waals surface area contributed by atoms with E-state index in [0.717, 1.165) is 12.4 Å². The number of nitrogens with zero attached hydrogens (tertiary/aromatic N) is 1. The van der Waals surface area contributed by atoms with Gasteiger partial charge in [-0.15, -0.1) is 11.8 Å². The van der Waals surface area contributed by atoms with Crippen molar-refractivity contribution in [2.45, 2.75) is 43.9 Å². The minimum Gasteiger partial charge on any atom is -0.366 e. The van der Waals surface area contributed by atoms with Crippen molar-refractivity contribution in [3.63, 3.8) is 0 Å². The summed E-state index contributed by atoms with van der Waals surface area (Å²) in [6.45, 7) is 9.56. The molecule has 0 atom stereocenters. The number of aromatic nitrogens is 1. The molecule has 106 valence electrons. The van der Waals surface area contributed by atoms with Crippen molar-refractivity contribution >= 4 is 17.6 Å². The van der Waals surface area contributed by atoms with Crippen LogP contribution in [0.15, 0.2) is 47.5 Å². The molecule has 20 heavy (non-hydrogen) atoms. The normalized spacial score (nSPS) is 11.4. The van der Waals surface area contributed by atoms with Crippen molar-refractivity contribution in [1.29, 1.82) is 0 Å². The topological polar surface area (TPSA) is 24.9 Å². The van der Waals surface area contributed by atoms with Gasteiger partial charge in [0.2, 0.25) is 0 Å². The van der Waals surface area contributed by atoms with Crippen molar-refractivity contribution in [2.24, 2.45) is 0 Å². The largest absolute Gasteiger partial charge is 0.366 e. The average molecular weight is 286 g/mol. The lowest BCUT2D eigenvalue weighted by Crippen LogP contribution is -2.07. The number of aryl methyl sites for hydroxylation is 1. The van der Waals surface area contributed by atoms with E-state index in [9.17, 15) is 0 Å². The molecule has 0 unspecified atom stereocenters. The SMILES string of the molecule is Cc1cc(SC(C)(C)C)cnc1NCc1ccccc1. The van der Waals surface area contributed by atoms with Crippen LogP contribution in [-0.4, -0.2) is 9.73 Å². The fourth-order valence-electron chi connectivity index (χ4n) is 1.93. The Labute approximate surface area is 126 Å². The molecule has 2 aromatic rings. The molecule has 2 nitrogen and oxygen atoms in total. The van der Waals surface area contributed by atoms with Gasteiger partial charge in [-0.05, 0) is 24.1 Å². The summed E-state index contributed by atoms with van der Waals surface area (Å²) in [5.74, 6) is 0.965. The van der Waals surface area contributed by atoms with Crippen LogP contribution in [0.4, 0.5) is 5.82 Å². The summed E-state index contributed by atoms with van der Waals surface area (Å²) in [6.07, 6.45) is 1.95. The van der Waals surface area contributed by atoms with Crippen LogP contribution >= 0.6 is 11.8 Å². The molecule has 2 rings (SSSR count). The van der Waals surface area contributed by atoms with Gasteiger partial charge in [0.15, 0.2) is 0 Å². The Bertz CT molecular complexity index is 559. The first-order chi connectivity index (χ1) is 9.44. The van der Waals surface area contributed by atoms with Crippen LogP contribution in [0.5, 0.6) is 0 Å². The molecule has 0 aliphatic rings. The predicted molar refractivity (Wildman–Crippen MR) is 88.4 cm³/mol. The smallest absolute Gasteiger partial charge is 0.129 e. The predicted octanol–water partition coefficient (Wildman–Crippen LogP) is 4.89. The second-order valence-electron chi connectivity index (χ2n) is 5.89. The minimum absolute atomic E-state index is 0.215. The van der Waals surface area contributed by atoms with Crippen molar-refractivity contribution in [2.75, 3.05) is 5.32 Å². The van der Waals surface area contributed by atoms with E-state index in [4.69, 9.17) is 0 Å². The van der Waals surface area contributed by atoms with Gasteiger partial charge in [-0.25, -0.2) is 4.98 Å². The van der Waals surface area contributed by atoms with E-state index < -0.39 is 0 Å². The van der Waals surface area contributed by atoms with Gasteiger partial charge >= 0.3 is 0 Å². The zero-order valence-electron chi connectivity index (χ0n) is 12.6. The summed E-state index contributed by atoms with van der Waals surface area (Å²) < 4.78 is 0.215. The zero-order chi connectivity index (χ0) is 14.6. The van der Waals surface area contributed by atoms with Crippen LogP contribution in [0.1, 0.15) is 31.9 Å². The Balaban J connectivity index is 2.03. The lowest BCUT2D eigenvalue weighted by atomic mass is 10.2. The molecule has 0 aliphatic heterocycles. The van der Waals surface area contributed by atoms with Crippen LogP contribution in [0.3, 0.4) is 0 Å². The molecule has 0 spiro atoms. The van der Waals surface area contributed by atoms with E-state index in [1.807, 2.05) is 24.0 Å². The van der Waals surface area contributed by atoms with Gasteiger partial charge in [-0.2, -0.15) is 0 Å². The summed E-state index contributed by atoms with van der Waals surface area (Å²) in [5.41, 5.74) is 2.46. The number of pyridine rings is 1. The Morgan fingerprint density at radius 3 is 2.45 bits per heavy atom. The maximum Gasteiger partial charge on any atom is 0.129 e. The summed E-state index contributed by atoms with van der Waals surface area (Å²) in [5, 5.41) is 3.40. The molecule has 0 fully saturated rings. The van der Waals surface area contributed by atoms with Gasteiger partial charge in [-0.3, -0.25) is 0 Å². The molecule has 0 saturated carbocycles. The van der Waals surface area contributed by atoms with Crippen LogP contribution < -0.4 is 5.32 Å². The van der Waals surface area contributed by atoms with Gasteiger partial charge in [0.05, 0.1) is 0 Å². The van der Waals surface area contributed by atoms with Gasteiger partial charge in [0.1, 0.15) is 5.82 Å². The number of hydrogen-bond acceptors (Lipinski definition) is 3. The zero-order valence-corrected chi connectivity index (χ0v) is 13.4. The highest BCUT2D eigenvalue weighted by atomic mass is 32.2. The van der Waals surface area contributed by atoms with Crippen molar-refractivity contribution < 1.29 is 0 Å². The highest BCUT2D eigenvalue weighted by Crippen LogP contribution is 2.32. The highest BCUT2D eigenvalue weighted by molar-refractivity contribution is 8.00. The third-order valence-electron chi connectivity index (χ3n) is 2.78. The average Bonchev–Trinajstić information content (AvgIpc) is 2.37. The number of benzene rings is 1. The molecule has 1 N–H and O–H groups in total. The molecule has 0 bridgehead atoms. The van der Waals surface area contributed by atoms with Crippen LogP contribution in [0.25, 0.3) is 0 Å². The van der Waals surface area contributed by atoms with E-state index in [2.05, 4.69) is 68.3 Å². The molecule has 1 aromatic heterocycles. The van der Waals surface area contributed by atoms with Crippen molar-refractivity contribution in [3.8, 4) is 0 Å². The van der Waals surface area contributed by atoms with E-state index in [0.29, 0.717) is 0 Å². The van der Waals surface area contributed by atoms with Crippen LogP contribution in [-0.2, 0) is 6.54 Å². The lowest BCUT2D eigenvalue weighted by molar-refractivity contribution is 0.802. The Morgan fingerprint density at radius 2 is 1.85 bits per heavy atom. The summed E-state index contributed by atoms with van der Waals surface area (Å²) in [6, 6.07) is 12.6. The van der Waals surface area contributed by atoms with E-state index >= 15 is 0 Å². The summed E-state index contributed by atoms with van der Waals surface area (Å²) in [7, 11) is 0. The van der Waals surface area contributed by atoms with E-state index in [-0.39, 0.29) is 4.75 Å². The maximum absolute atomic E-state index is 4.55. The first-order valence-corrected chi connectivity index (χ1v) is 7.69. The maximum atomic E-state index is 4.55. The molecule has 1 heterocycles. The third-order valence-corrected chi connectivity index (χ3v) is 3.85. The fourth-order valence-corrected chi connectivity index (χ4v) is 2.97. The molecule has 0 aliphatic carbocycles. The number of anilines is 1. The molecular formula is C17H22N2S. The first kappa shape index (κ1) is 14.9. The number of rotatable bonds is 4. The highest BCUT2D eigenvalue weighted by Gasteiger charge is 2.13. The van der Waals surface area contributed by atoms with E-state index in [1.54, 1.807) is 0 Å². The van der Waals surface area contributed by atoms with Crippen LogP contribution in [0, 0.1) is 6.92 Å². The van der Waals surface area contributed by atoms with Gasteiger partial charge in [-0.1, -0.05) is 51.1 Å². The molecule has 3 heteroatoms. The Morgan fingerprint density at radius 1 is 1.15 bits per heavy atom. The molecule has 0 saturated heterocycles.